The van der Waals surface area contributed by atoms with Gasteiger partial charge in [0.25, 0.3) is 5.69 Å². The molecule has 0 saturated heterocycles. The van der Waals surface area contributed by atoms with Crippen LogP contribution in [0, 0.1) is 15.9 Å². The lowest BCUT2D eigenvalue weighted by Crippen LogP contribution is -1.96. The molecular weight excluding hydrogens is 179 g/mol. The Morgan fingerprint density at radius 1 is 1.46 bits per heavy atom. The Bertz CT molecular complexity index is 354. The highest BCUT2D eigenvalue weighted by Gasteiger charge is 2.08. The summed E-state index contributed by atoms with van der Waals surface area (Å²) in [6, 6.07) is 2.83. The molecule has 68 valence electrons. The highest BCUT2D eigenvalue weighted by atomic mass is 19.1. The van der Waals surface area contributed by atoms with Gasteiger partial charge >= 0.3 is 0 Å². The van der Waals surface area contributed by atoms with Gasteiger partial charge in [0.2, 0.25) is 6.41 Å². The first-order chi connectivity index (χ1) is 6.13. The molecule has 0 unspecified atom stereocenters. The van der Waals surface area contributed by atoms with Gasteiger partial charge in [-0.3, -0.25) is 14.9 Å². The van der Waals surface area contributed by atoms with Crippen molar-refractivity contribution in [3.05, 3.63) is 34.1 Å². The molecule has 0 aliphatic heterocycles. The van der Waals surface area contributed by atoms with Gasteiger partial charge in [-0.15, -0.1) is 0 Å². The Hall–Kier alpha value is -1.98. The standard InChI is InChI=1S/C7H5FN2O3/c8-5-1-6(9-4-11)3-7(2-5)10(12)13/h1-4H,(H,9,11). The van der Waals surface area contributed by atoms with Crippen LogP contribution in [0.25, 0.3) is 0 Å². The molecule has 0 aromatic heterocycles. The van der Waals surface area contributed by atoms with E-state index >= 15 is 0 Å². The molecule has 13 heavy (non-hydrogen) atoms. The quantitative estimate of drug-likeness (QED) is 0.437. The maximum atomic E-state index is 12.7. The molecule has 0 aliphatic carbocycles. The molecule has 0 radical (unpaired) electrons. The molecular formula is C7H5FN2O3. The van der Waals surface area contributed by atoms with Crippen LogP contribution in [0.4, 0.5) is 15.8 Å². The van der Waals surface area contributed by atoms with Crippen molar-refractivity contribution in [1.29, 1.82) is 0 Å². The maximum absolute atomic E-state index is 12.7. The van der Waals surface area contributed by atoms with Gasteiger partial charge < -0.3 is 5.32 Å². The summed E-state index contributed by atoms with van der Waals surface area (Å²) in [6.45, 7) is 0. The smallest absolute Gasteiger partial charge is 0.274 e. The SMILES string of the molecule is O=CNc1cc(F)cc([N+](=O)[O-])c1. The van der Waals surface area contributed by atoms with Gasteiger partial charge in [-0.2, -0.15) is 0 Å². The fourth-order valence-electron chi connectivity index (χ4n) is 0.831. The zero-order chi connectivity index (χ0) is 9.84. The molecule has 0 spiro atoms. The van der Waals surface area contributed by atoms with Crippen molar-refractivity contribution in [3.63, 3.8) is 0 Å². The van der Waals surface area contributed by atoms with Crippen LogP contribution >= 0.6 is 0 Å². The minimum atomic E-state index is -0.765. The third-order valence-electron chi connectivity index (χ3n) is 1.32. The molecule has 1 N–H and O–H groups in total. The summed E-state index contributed by atoms with van der Waals surface area (Å²) in [5, 5.41) is 12.4. The van der Waals surface area contributed by atoms with Gasteiger partial charge in [-0.25, -0.2) is 4.39 Å². The van der Waals surface area contributed by atoms with E-state index in [0.717, 1.165) is 18.2 Å². The average molecular weight is 184 g/mol. The van der Waals surface area contributed by atoms with Crippen molar-refractivity contribution < 1.29 is 14.1 Å². The molecule has 0 heterocycles. The van der Waals surface area contributed by atoms with E-state index in [1.54, 1.807) is 0 Å². The molecule has 1 rings (SSSR count). The van der Waals surface area contributed by atoms with Crippen LogP contribution in [0.2, 0.25) is 0 Å². The minimum Gasteiger partial charge on any atom is -0.328 e. The number of carbonyl (C=O) groups excluding carboxylic acids is 1. The van der Waals surface area contributed by atoms with E-state index in [1.807, 2.05) is 0 Å². The third-order valence-corrected chi connectivity index (χ3v) is 1.32. The first-order valence-corrected chi connectivity index (χ1v) is 3.28. The lowest BCUT2D eigenvalue weighted by atomic mass is 10.3. The molecule has 0 fully saturated rings. The zero-order valence-corrected chi connectivity index (χ0v) is 6.36. The number of hydrogen-bond donors (Lipinski definition) is 1. The normalized spacial score (nSPS) is 9.31. The van der Waals surface area contributed by atoms with Gasteiger partial charge in [0.05, 0.1) is 16.7 Å². The van der Waals surface area contributed by atoms with Gasteiger partial charge in [0.15, 0.2) is 0 Å². The number of nitrogens with zero attached hydrogens (tertiary/aromatic N) is 1. The summed E-state index contributed by atoms with van der Waals surface area (Å²) in [5.74, 6) is -0.765. The van der Waals surface area contributed by atoms with Crippen molar-refractivity contribution in [2.45, 2.75) is 0 Å². The first kappa shape index (κ1) is 9.11. The van der Waals surface area contributed by atoms with E-state index in [0.29, 0.717) is 6.41 Å². The number of carbonyl (C=O) groups is 1. The van der Waals surface area contributed by atoms with Gasteiger partial charge in [0.1, 0.15) is 5.82 Å². The molecule has 1 aromatic carbocycles. The van der Waals surface area contributed by atoms with Gasteiger partial charge in [-0.1, -0.05) is 0 Å². The first-order valence-electron chi connectivity index (χ1n) is 3.28. The molecule has 6 heteroatoms. The Morgan fingerprint density at radius 2 is 2.15 bits per heavy atom. The molecule has 0 atom stereocenters. The van der Waals surface area contributed by atoms with Gasteiger partial charge in [0, 0.05) is 6.07 Å². The lowest BCUT2D eigenvalue weighted by Gasteiger charge is -1.98. The minimum absolute atomic E-state index is 0.0571. The molecule has 5 nitrogen and oxygen atoms in total. The number of non-ortho nitro benzene ring substituents is 1. The molecule has 0 aliphatic rings. The topological polar surface area (TPSA) is 72.2 Å². The van der Waals surface area contributed by atoms with E-state index in [1.165, 1.54) is 0 Å². The highest BCUT2D eigenvalue weighted by molar-refractivity contribution is 5.72. The number of rotatable bonds is 3. The second kappa shape index (κ2) is 3.61. The number of hydrogen-bond acceptors (Lipinski definition) is 3. The van der Waals surface area contributed by atoms with Crippen molar-refractivity contribution in [1.82, 2.24) is 0 Å². The summed E-state index contributed by atoms with van der Waals surface area (Å²) in [7, 11) is 0. The lowest BCUT2D eigenvalue weighted by molar-refractivity contribution is -0.385. The second-order valence-corrected chi connectivity index (χ2v) is 2.22. The number of nitro benzene ring substituents is 1. The Balaban J connectivity index is 3.10. The van der Waals surface area contributed by atoms with Crippen molar-refractivity contribution in [2.24, 2.45) is 0 Å². The van der Waals surface area contributed by atoms with E-state index < -0.39 is 16.4 Å². The van der Waals surface area contributed by atoms with Crippen molar-refractivity contribution in [3.8, 4) is 0 Å². The third kappa shape index (κ3) is 2.22. The average Bonchev–Trinajstić information content (AvgIpc) is 2.03. The van der Waals surface area contributed by atoms with Crippen LogP contribution < -0.4 is 5.32 Å². The number of nitrogens with one attached hydrogen (secondary N) is 1. The van der Waals surface area contributed by atoms with Gasteiger partial charge in [-0.05, 0) is 6.07 Å². The summed E-state index contributed by atoms with van der Waals surface area (Å²) < 4.78 is 12.7. The summed E-state index contributed by atoms with van der Waals surface area (Å²) >= 11 is 0. The largest absolute Gasteiger partial charge is 0.328 e. The van der Waals surface area contributed by atoms with E-state index in [4.69, 9.17) is 0 Å². The fraction of sp³-hybridized carbons (Fsp3) is 0. The molecule has 1 aromatic rings. The van der Waals surface area contributed by atoms with Crippen LogP contribution in [0.3, 0.4) is 0 Å². The number of amides is 1. The van der Waals surface area contributed by atoms with Crippen LogP contribution in [0.5, 0.6) is 0 Å². The molecule has 1 amide bonds. The molecule has 0 bridgehead atoms. The second-order valence-electron chi connectivity index (χ2n) is 2.22. The number of anilines is 1. The fourth-order valence-corrected chi connectivity index (χ4v) is 0.831. The number of halogens is 1. The van der Waals surface area contributed by atoms with E-state index in [2.05, 4.69) is 5.32 Å². The number of benzene rings is 1. The summed E-state index contributed by atoms with van der Waals surface area (Å²) in [5.41, 5.74) is -0.342. The van der Waals surface area contributed by atoms with Crippen LogP contribution in [-0.2, 0) is 4.79 Å². The Labute approximate surface area is 72.3 Å². The van der Waals surface area contributed by atoms with E-state index in [9.17, 15) is 19.3 Å². The predicted molar refractivity (Wildman–Crippen MR) is 42.7 cm³/mol. The van der Waals surface area contributed by atoms with Crippen molar-refractivity contribution >= 4 is 17.8 Å². The van der Waals surface area contributed by atoms with Crippen LogP contribution in [-0.4, -0.2) is 11.3 Å². The Morgan fingerprint density at radius 3 is 2.69 bits per heavy atom. The van der Waals surface area contributed by atoms with Crippen LogP contribution in [0.15, 0.2) is 18.2 Å². The summed E-state index contributed by atoms with van der Waals surface area (Å²) in [6.07, 6.45) is 0.318. The monoisotopic (exact) mass is 184 g/mol. The van der Waals surface area contributed by atoms with E-state index in [-0.39, 0.29) is 5.69 Å². The maximum Gasteiger partial charge on any atom is 0.274 e. The Kier molecular flexibility index (Phi) is 2.53. The van der Waals surface area contributed by atoms with Crippen molar-refractivity contribution in [2.75, 3.05) is 5.32 Å². The van der Waals surface area contributed by atoms with Crippen LogP contribution in [0.1, 0.15) is 0 Å². The highest BCUT2D eigenvalue weighted by Crippen LogP contribution is 2.19. The zero-order valence-electron chi connectivity index (χ0n) is 6.36. The predicted octanol–water partition coefficient (Wildman–Crippen LogP) is 1.30. The molecule has 0 saturated carbocycles. The number of nitro groups is 1. The summed E-state index contributed by atoms with van der Waals surface area (Å²) in [4.78, 5) is 19.5.